The highest BCUT2D eigenvalue weighted by Gasteiger charge is 2.08. The predicted molar refractivity (Wildman–Crippen MR) is 97.3 cm³/mol. The summed E-state index contributed by atoms with van der Waals surface area (Å²) < 4.78 is 6.60. The van der Waals surface area contributed by atoms with Gasteiger partial charge in [-0.15, -0.1) is 0 Å². The summed E-state index contributed by atoms with van der Waals surface area (Å²) in [6.45, 7) is 7.68. The molecule has 0 aliphatic heterocycles. The molecular formula is C17H26BrN3O. The number of aromatic nitrogens is 1. The van der Waals surface area contributed by atoms with Crippen molar-refractivity contribution in [1.82, 2.24) is 9.88 Å². The largest absolute Gasteiger partial charge is 0.477 e. The van der Waals surface area contributed by atoms with E-state index in [0.717, 1.165) is 41.7 Å². The lowest BCUT2D eigenvalue weighted by molar-refractivity contribution is 0.293. The van der Waals surface area contributed by atoms with Crippen LogP contribution < -0.4 is 4.74 Å². The molecule has 22 heavy (non-hydrogen) atoms. The van der Waals surface area contributed by atoms with E-state index >= 15 is 0 Å². The zero-order chi connectivity index (χ0) is 16.4. The van der Waals surface area contributed by atoms with E-state index in [1.165, 1.54) is 0 Å². The van der Waals surface area contributed by atoms with Crippen LogP contribution in [0.5, 0.6) is 5.88 Å². The molecule has 0 radical (unpaired) electrons. The third kappa shape index (κ3) is 6.60. The molecule has 0 aliphatic rings. The van der Waals surface area contributed by atoms with Crippen LogP contribution in [0.3, 0.4) is 0 Å². The second kappa shape index (κ2) is 10.4. The summed E-state index contributed by atoms with van der Waals surface area (Å²) in [7, 11) is 1.99. The Balaban J connectivity index is 2.59. The van der Waals surface area contributed by atoms with Crippen LogP contribution in [-0.2, 0) is 0 Å². The number of unbranched alkanes of at least 4 members (excludes halogenated alkanes) is 2. The van der Waals surface area contributed by atoms with Crippen molar-refractivity contribution in [1.29, 1.82) is 0 Å². The van der Waals surface area contributed by atoms with Crippen LogP contribution in [0.4, 0.5) is 5.69 Å². The fraction of sp³-hybridized carbons (Fsp3) is 0.529. The summed E-state index contributed by atoms with van der Waals surface area (Å²) in [5.41, 5.74) is 1.72. The van der Waals surface area contributed by atoms with Crippen molar-refractivity contribution < 1.29 is 4.74 Å². The van der Waals surface area contributed by atoms with Crippen LogP contribution >= 0.6 is 15.9 Å². The maximum Gasteiger partial charge on any atom is 0.228 e. The number of ether oxygens (including phenoxy) is 1. The Labute approximate surface area is 142 Å². The van der Waals surface area contributed by atoms with Gasteiger partial charge in [0.05, 0.1) is 28.8 Å². The Morgan fingerprint density at radius 3 is 2.86 bits per heavy atom. The minimum Gasteiger partial charge on any atom is -0.477 e. The highest BCUT2D eigenvalue weighted by Crippen LogP contribution is 2.29. The topological polar surface area (TPSA) is 37.7 Å². The maximum atomic E-state index is 5.76. The lowest BCUT2D eigenvalue weighted by atomic mass is 10.2. The molecule has 1 rings (SSSR count). The predicted octanol–water partition coefficient (Wildman–Crippen LogP) is 4.89. The zero-order valence-electron chi connectivity index (χ0n) is 14.0. The molecule has 0 N–H and O–H groups in total. The molecular weight excluding hydrogens is 342 g/mol. The average molecular weight is 368 g/mol. The van der Waals surface area contributed by atoms with Crippen LogP contribution in [0.2, 0.25) is 0 Å². The van der Waals surface area contributed by atoms with Crippen molar-refractivity contribution in [3.05, 3.63) is 28.4 Å². The molecule has 0 amide bonds. The van der Waals surface area contributed by atoms with Crippen LogP contribution in [-0.4, -0.2) is 36.4 Å². The van der Waals surface area contributed by atoms with Crippen LogP contribution in [0.15, 0.2) is 27.7 Å². The lowest BCUT2D eigenvalue weighted by Gasteiger charge is -2.11. The lowest BCUT2D eigenvalue weighted by Crippen LogP contribution is -2.14. The maximum absolute atomic E-state index is 5.76. The van der Waals surface area contributed by atoms with E-state index < -0.39 is 0 Å². The smallest absolute Gasteiger partial charge is 0.228 e. The van der Waals surface area contributed by atoms with Gasteiger partial charge in [-0.25, -0.2) is 9.98 Å². The van der Waals surface area contributed by atoms with Gasteiger partial charge in [0.25, 0.3) is 0 Å². The first-order valence-electron chi connectivity index (χ1n) is 7.74. The molecule has 0 saturated heterocycles. The first-order valence-corrected chi connectivity index (χ1v) is 8.53. The van der Waals surface area contributed by atoms with Crippen molar-refractivity contribution in [2.45, 2.75) is 40.0 Å². The summed E-state index contributed by atoms with van der Waals surface area (Å²) in [4.78, 5) is 11.0. The van der Waals surface area contributed by atoms with Gasteiger partial charge in [0.15, 0.2) is 0 Å². The second-order valence-electron chi connectivity index (χ2n) is 5.11. The SMILES string of the molecule is C/C=C/CCCCOc1nc(C)c(/N=C/N(C)CC)cc1Br. The van der Waals surface area contributed by atoms with E-state index in [9.17, 15) is 0 Å². The van der Waals surface area contributed by atoms with Gasteiger partial charge in [-0.3, -0.25) is 0 Å². The monoisotopic (exact) mass is 367 g/mol. The normalized spacial score (nSPS) is 11.5. The molecule has 5 heteroatoms. The van der Waals surface area contributed by atoms with Crippen LogP contribution in [0, 0.1) is 6.92 Å². The van der Waals surface area contributed by atoms with Gasteiger partial charge in [-0.05, 0) is 62.0 Å². The molecule has 0 saturated carbocycles. The van der Waals surface area contributed by atoms with Crippen molar-refractivity contribution in [2.75, 3.05) is 20.2 Å². The molecule has 0 aliphatic carbocycles. The average Bonchev–Trinajstić information content (AvgIpc) is 2.51. The standard InChI is InChI=1S/C17H26BrN3O/c1-5-7-8-9-10-11-22-17-15(18)12-16(14(3)20-17)19-13-21(4)6-2/h5,7,12-13H,6,8-11H2,1-4H3/b7-5+,19-13+. The van der Waals surface area contributed by atoms with Crippen molar-refractivity contribution in [3.63, 3.8) is 0 Å². The summed E-state index contributed by atoms with van der Waals surface area (Å²) >= 11 is 3.51. The number of allylic oxidation sites excluding steroid dienone is 2. The Bertz CT molecular complexity index is 515. The summed E-state index contributed by atoms with van der Waals surface area (Å²) in [5, 5.41) is 0. The molecule has 0 atom stereocenters. The number of aliphatic imine (C=N–C) groups is 1. The summed E-state index contributed by atoms with van der Waals surface area (Å²) in [6, 6.07) is 1.96. The van der Waals surface area contributed by atoms with E-state index in [-0.39, 0.29) is 0 Å². The number of halogens is 1. The number of pyridine rings is 1. The summed E-state index contributed by atoms with van der Waals surface area (Å²) in [6.07, 6.45) is 9.34. The van der Waals surface area contributed by atoms with E-state index in [0.29, 0.717) is 12.5 Å². The Kier molecular flexibility index (Phi) is 8.82. The fourth-order valence-electron chi connectivity index (χ4n) is 1.72. The molecule has 0 aromatic carbocycles. The van der Waals surface area contributed by atoms with Gasteiger partial charge >= 0.3 is 0 Å². The van der Waals surface area contributed by atoms with Gasteiger partial charge in [0, 0.05) is 13.6 Å². The minimum absolute atomic E-state index is 0.645. The second-order valence-corrected chi connectivity index (χ2v) is 5.97. The highest BCUT2D eigenvalue weighted by atomic mass is 79.9. The third-order valence-corrected chi connectivity index (χ3v) is 3.81. The molecule has 1 aromatic heterocycles. The number of rotatable bonds is 9. The van der Waals surface area contributed by atoms with E-state index in [2.05, 4.69) is 45.0 Å². The molecule has 1 heterocycles. The zero-order valence-corrected chi connectivity index (χ0v) is 15.6. The minimum atomic E-state index is 0.645. The van der Waals surface area contributed by atoms with Gasteiger partial charge in [0.1, 0.15) is 0 Å². The molecule has 0 fully saturated rings. The molecule has 1 aromatic rings. The van der Waals surface area contributed by atoms with Crippen molar-refractivity contribution in [3.8, 4) is 5.88 Å². The number of hydrogen-bond donors (Lipinski definition) is 0. The summed E-state index contributed by atoms with van der Waals surface area (Å²) in [5.74, 6) is 0.645. The third-order valence-electron chi connectivity index (χ3n) is 3.24. The highest BCUT2D eigenvalue weighted by molar-refractivity contribution is 9.10. The Morgan fingerprint density at radius 2 is 2.18 bits per heavy atom. The van der Waals surface area contributed by atoms with E-state index in [1.54, 1.807) is 0 Å². The first-order chi connectivity index (χ1) is 10.6. The van der Waals surface area contributed by atoms with Crippen molar-refractivity contribution >= 4 is 28.0 Å². The Morgan fingerprint density at radius 1 is 1.41 bits per heavy atom. The first kappa shape index (κ1) is 18.7. The van der Waals surface area contributed by atoms with Gasteiger partial charge in [0.2, 0.25) is 5.88 Å². The van der Waals surface area contributed by atoms with Crippen LogP contribution in [0.1, 0.15) is 38.8 Å². The van der Waals surface area contributed by atoms with Gasteiger partial charge in [-0.2, -0.15) is 0 Å². The van der Waals surface area contributed by atoms with E-state index in [1.807, 2.05) is 38.2 Å². The van der Waals surface area contributed by atoms with Crippen LogP contribution in [0.25, 0.3) is 0 Å². The van der Waals surface area contributed by atoms with Gasteiger partial charge in [-0.1, -0.05) is 12.2 Å². The van der Waals surface area contributed by atoms with Crippen molar-refractivity contribution in [2.24, 2.45) is 4.99 Å². The molecule has 0 bridgehead atoms. The fourth-order valence-corrected chi connectivity index (χ4v) is 2.14. The molecule has 4 nitrogen and oxygen atoms in total. The molecule has 122 valence electrons. The number of nitrogens with zero attached hydrogens (tertiary/aromatic N) is 3. The Hall–Kier alpha value is -1.36. The molecule has 0 unspecified atom stereocenters. The quantitative estimate of drug-likeness (QED) is 0.270. The van der Waals surface area contributed by atoms with Gasteiger partial charge < -0.3 is 9.64 Å². The number of hydrogen-bond acceptors (Lipinski definition) is 3. The molecule has 0 spiro atoms. The number of aryl methyl sites for hydroxylation is 1. The van der Waals surface area contributed by atoms with E-state index in [4.69, 9.17) is 4.74 Å².